The van der Waals surface area contributed by atoms with Gasteiger partial charge in [0.15, 0.2) is 0 Å². The van der Waals surface area contributed by atoms with Gasteiger partial charge in [0, 0.05) is 12.8 Å². The van der Waals surface area contributed by atoms with Gasteiger partial charge in [-0.05, 0) is 24.5 Å². The van der Waals surface area contributed by atoms with E-state index < -0.39 is 0 Å². The van der Waals surface area contributed by atoms with E-state index in [1.54, 1.807) is 0 Å². The highest BCUT2D eigenvalue weighted by molar-refractivity contribution is 5.85. The summed E-state index contributed by atoms with van der Waals surface area (Å²) in [4.78, 5) is 4.19. The average Bonchev–Trinajstić information content (AvgIpc) is 2.06. The zero-order chi connectivity index (χ0) is 8.10. The van der Waals surface area contributed by atoms with Gasteiger partial charge in [-0.2, -0.15) is 0 Å². The van der Waals surface area contributed by atoms with Gasteiger partial charge in [0.25, 0.3) is 0 Å². The van der Waals surface area contributed by atoms with Crippen molar-refractivity contribution in [2.24, 2.45) is 4.99 Å². The lowest BCUT2D eigenvalue weighted by Crippen LogP contribution is -2.00. The molecule has 0 N–H and O–H groups in total. The summed E-state index contributed by atoms with van der Waals surface area (Å²) in [6, 6.07) is 0. The Hall–Kier alpha value is -1.11. The molecular formula is C10H13N. The smallest absolute Gasteiger partial charge is 0.0430 e. The Bertz CT molecular complexity index is 231. The topological polar surface area (TPSA) is 12.4 Å². The van der Waals surface area contributed by atoms with Gasteiger partial charge in [-0.3, -0.25) is 4.99 Å². The molecule has 0 amide bonds. The normalized spacial score (nSPS) is 24.5. The summed E-state index contributed by atoms with van der Waals surface area (Å²) in [6.07, 6.45) is 8.94. The highest BCUT2D eigenvalue weighted by Crippen LogP contribution is 2.16. The molecule has 0 radical (unpaired) electrons. The fourth-order valence-electron chi connectivity index (χ4n) is 1.16. The van der Waals surface area contributed by atoms with Crippen molar-refractivity contribution in [3.05, 3.63) is 36.0 Å². The van der Waals surface area contributed by atoms with E-state index in [0.29, 0.717) is 0 Å². The van der Waals surface area contributed by atoms with Crippen molar-refractivity contribution in [2.75, 3.05) is 6.54 Å². The lowest BCUT2D eigenvalue weighted by molar-refractivity contribution is 0.949. The standard InChI is InChI=1S/C10H13N/c1-3-5-10-6-7-11-8-9(10)4-2/h3-5,8H,1,6-7H2,2H3/b9-4-,10-5-. The number of aliphatic imine (C=N–C) groups is 1. The van der Waals surface area contributed by atoms with Gasteiger partial charge in [0.2, 0.25) is 0 Å². The summed E-state index contributed by atoms with van der Waals surface area (Å²) >= 11 is 0. The van der Waals surface area contributed by atoms with Gasteiger partial charge in [-0.25, -0.2) is 0 Å². The Morgan fingerprint density at radius 2 is 2.45 bits per heavy atom. The SMILES string of the molecule is C=C/C=C1/CCN=C/C1=C/C. The molecule has 1 aliphatic rings. The quantitative estimate of drug-likeness (QED) is 0.540. The largest absolute Gasteiger partial charge is 0.292 e. The Labute approximate surface area is 67.8 Å². The molecular weight excluding hydrogens is 134 g/mol. The highest BCUT2D eigenvalue weighted by atomic mass is 14.7. The van der Waals surface area contributed by atoms with E-state index in [2.05, 4.69) is 23.7 Å². The van der Waals surface area contributed by atoms with E-state index in [1.807, 2.05) is 19.2 Å². The summed E-state index contributed by atoms with van der Waals surface area (Å²) < 4.78 is 0. The third-order valence-corrected chi connectivity index (χ3v) is 1.74. The minimum absolute atomic E-state index is 0.914. The van der Waals surface area contributed by atoms with Gasteiger partial charge in [0.1, 0.15) is 0 Å². The summed E-state index contributed by atoms with van der Waals surface area (Å²) in [5, 5.41) is 0. The number of allylic oxidation sites excluding steroid dienone is 4. The van der Waals surface area contributed by atoms with Gasteiger partial charge < -0.3 is 0 Å². The number of rotatable bonds is 1. The van der Waals surface area contributed by atoms with Crippen LogP contribution in [0.3, 0.4) is 0 Å². The molecule has 0 unspecified atom stereocenters. The van der Waals surface area contributed by atoms with Gasteiger partial charge in [0.05, 0.1) is 0 Å². The van der Waals surface area contributed by atoms with E-state index in [-0.39, 0.29) is 0 Å². The fraction of sp³-hybridized carbons (Fsp3) is 0.300. The van der Waals surface area contributed by atoms with Crippen LogP contribution in [0.5, 0.6) is 0 Å². The molecule has 0 spiro atoms. The van der Waals surface area contributed by atoms with Crippen molar-refractivity contribution in [3.63, 3.8) is 0 Å². The van der Waals surface area contributed by atoms with Crippen LogP contribution < -0.4 is 0 Å². The van der Waals surface area contributed by atoms with Crippen molar-refractivity contribution in [1.29, 1.82) is 0 Å². The molecule has 1 heterocycles. The van der Waals surface area contributed by atoms with Crippen molar-refractivity contribution < 1.29 is 0 Å². The summed E-state index contributed by atoms with van der Waals surface area (Å²) in [6.45, 7) is 6.62. The van der Waals surface area contributed by atoms with Crippen LogP contribution in [-0.4, -0.2) is 12.8 Å². The fourth-order valence-corrected chi connectivity index (χ4v) is 1.16. The molecule has 0 saturated carbocycles. The van der Waals surface area contributed by atoms with Crippen LogP contribution in [0.4, 0.5) is 0 Å². The molecule has 58 valence electrons. The summed E-state index contributed by atoms with van der Waals surface area (Å²) in [5.41, 5.74) is 2.58. The minimum Gasteiger partial charge on any atom is -0.292 e. The molecule has 0 bridgehead atoms. The summed E-state index contributed by atoms with van der Waals surface area (Å²) in [7, 11) is 0. The number of hydrogen-bond donors (Lipinski definition) is 0. The Kier molecular flexibility index (Phi) is 2.84. The molecule has 1 aliphatic heterocycles. The molecule has 0 aromatic carbocycles. The number of hydrogen-bond acceptors (Lipinski definition) is 1. The Morgan fingerprint density at radius 3 is 3.09 bits per heavy atom. The molecule has 0 aromatic heterocycles. The van der Waals surface area contributed by atoms with E-state index in [1.165, 1.54) is 11.1 Å². The van der Waals surface area contributed by atoms with Crippen molar-refractivity contribution in [1.82, 2.24) is 0 Å². The maximum Gasteiger partial charge on any atom is 0.0430 e. The minimum atomic E-state index is 0.914. The second kappa shape index (κ2) is 3.91. The van der Waals surface area contributed by atoms with Gasteiger partial charge in [-0.1, -0.05) is 24.8 Å². The van der Waals surface area contributed by atoms with Crippen LogP contribution in [0, 0.1) is 0 Å². The Balaban J connectivity index is 2.88. The molecule has 0 aliphatic carbocycles. The van der Waals surface area contributed by atoms with E-state index in [9.17, 15) is 0 Å². The lowest BCUT2D eigenvalue weighted by Gasteiger charge is -2.10. The molecule has 1 nitrogen and oxygen atoms in total. The monoisotopic (exact) mass is 147 g/mol. The predicted octanol–water partition coefficient (Wildman–Crippen LogP) is 2.52. The van der Waals surface area contributed by atoms with Gasteiger partial charge in [-0.15, -0.1) is 0 Å². The first kappa shape index (κ1) is 7.99. The van der Waals surface area contributed by atoms with E-state index in [4.69, 9.17) is 0 Å². The van der Waals surface area contributed by atoms with Crippen LogP contribution in [0.15, 0.2) is 40.9 Å². The predicted molar refractivity (Wildman–Crippen MR) is 50.0 cm³/mol. The van der Waals surface area contributed by atoms with Crippen LogP contribution in [-0.2, 0) is 0 Å². The third-order valence-electron chi connectivity index (χ3n) is 1.74. The lowest BCUT2D eigenvalue weighted by atomic mass is 10.0. The van der Waals surface area contributed by atoms with Crippen LogP contribution >= 0.6 is 0 Å². The molecule has 0 fully saturated rings. The number of nitrogens with zero attached hydrogens (tertiary/aromatic N) is 1. The molecule has 0 saturated heterocycles. The average molecular weight is 147 g/mol. The van der Waals surface area contributed by atoms with Crippen LogP contribution in [0.2, 0.25) is 0 Å². The first-order valence-electron chi connectivity index (χ1n) is 3.86. The zero-order valence-corrected chi connectivity index (χ0v) is 6.88. The van der Waals surface area contributed by atoms with Crippen molar-refractivity contribution in [2.45, 2.75) is 13.3 Å². The van der Waals surface area contributed by atoms with E-state index in [0.717, 1.165) is 13.0 Å². The van der Waals surface area contributed by atoms with Crippen molar-refractivity contribution >= 4 is 6.21 Å². The second-order valence-electron chi connectivity index (χ2n) is 2.46. The van der Waals surface area contributed by atoms with E-state index >= 15 is 0 Å². The highest BCUT2D eigenvalue weighted by Gasteiger charge is 2.04. The second-order valence-corrected chi connectivity index (χ2v) is 2.46. The third kappa shape index (κ3) is 1.90. The molecule has 11 heavy (non-hydrogen) atoms. The maximum absolute atomic E-state index is 4.19. The van der Waals surface area contributed by atoms with Crippen LogP contribution in [0.1, 0.15) is 13.3 Å². The maximum atomic E-state index is 4.19. The first-order chi connectivity index (χ1) is 5.38. The zero-order valence-electron chi connectivity index (χ0n) is 6.88. The van der Waals surface area contributed by atoms with Gasteiger partial charge >= 0.3 is 0 Å². The van der Waals surface area contributed by atoms with Crippen LogP contribution in [0.25, 0.3) is 0 Å². The summed E-state index contributed by atoms with van der Waals surface area (Å²) in [5.74, 6) is 0. The van der Waals surface area contributed by atoms with Crippen molar-refractivity contribution in [3.8, 4) is 0 Å². The molecule has 0 atom stereocenters. The first-order valence-corrected chi connectivity index (χ1v) is 3.86. The molecule has 1 heteroatoms. The molecule has 0 aromatic rings. The molecule has 1 rings (SSSR count). The Morgan fingerprint density at radius 1 is 1.64 bits per heavy atom.